The number of oxazole rings is 1. The molecular weight excluding hydrogens is 586 g/mol. The standard InChI is InChI=1S/C28H26Cl2F3N3O5/c29-19-2-1-3-20(30)23(19)27-36-24(25(41-27)28(31,32)33)26(40)34-13-12-21(37)35-18-10-8-17(9-11-18)16-6-4-15(5-7-16)14-22(38)39/h1-3,8-11,15-16H,4-7,12-14H2,(H,34,40)(H,35,37)(H,38,39). The van der Waals surface area contributed by atoms with Crippen LogP contribution in [0.4, 0.5) is 18.9 Å². The molecule has 1 fully saturated rings. The molecule has 3 N–H and O–H groups in total. The number of hydrogen-bond donors (Lipinski definition) is 3. The van der Waals surface area contributed by atoms with E-state index in [1.807, 2.05) is 12.1 Å². The Morgan fingerprint density at radius 2 is 1.63 bits per heavy atom. The first-order valence-electron chi connectivity index (χ1n) is 12.8. The van der Waals surface area contributed by atoms with Crippen molar-refractivity contribution in [2.24, 2.45) is 5.92 Å². The highest BCUT2D eigenvalue weighted by atomic mass is 35.5. The fraction of sp³-hybridized carbons (Fsp3) is 0.357. The van der Waals surface area contributed by atoms with Crippen molar-refractivity contribution < 1.29 is 37.1 Å². The SMILES string of the molecule is O=C(O)CC1CCC(c2ccc(NC(=O)CCNC(=O)c3nc(-c4c(Cl)cccc4Cl)oc3C(F)(F)F)cc2)CC1. The summed E-state index contributed by atoms with van der Waals surface area (Å²) < 4.78 is 45.6. The van der Waals surface area contributed by atoms with Crippen LogP contribution in [0.5, 0.6) is 0 Å². The van der Waals surface area contributed by atoms with Crippen LogP contribution in [-0.2, 0) is 15.8 Å². The summed E-state index contributed by atoms with van der Waals surface area (Å²) in [6.07, 6.45) is -1.52. The zero-order chi connectivity index (χ0) is 29.7. The van der Waals surface area contributed by atoms with Crippen molar-refractivity contribution in [3.63, 3.8) is 0 Å². The molecule has 8 nitrogen and oxygen atoms in total. The molecule has 1 aromatic heterocycles. The van der Waals surface area contributed by atoms with Crippen LogP contribution in [0.3, 0.4) is 0 Å². The first kappa shape index (κ1) is 30.4. The molecule has 3 aromatic rings. The predicted octanol–water partition coefficient (Wildman–Crippen LogP) is 7.17. The molecular formula is C28H26Cl2F3N3O5. The van der Waals surface area contributed by atoms with Gasteiger partial charge in [0.25, 0.3) is 5.91 Å². The molecule has 1 heterocycles. The molecule has 218 valence electrons. The average Bonchev–Trinajstić information content (AvgIpc) is 3.35. The van der Waals surface area contributed by atoms with E-state index in [2.05, 4.69) is 15.6 Å². The highest BCUT2D eigenvalue weighted by Crippen LogP contribution is 2.40. The zero-order valence-electron chi connectivity index (χ0n) is 21.6. The van der Waals surface area contributed by atoms with Gasteiger partial charge in [0.1, 0.15) is 0 Å². The van der Waals surface area contributed by atoms with Gasteiger partial charge in [0.05, 0.1) is 15.6 Å². The van der Waals surface area contributed by atoms with E-state index < -0.39 is 41.3 Å². The Morgan fingerprint density at radius 3 is 2.22 bits per heavy atom. The Labute approximate surface area is 243 Å². The Morgan fingerprint density at radius 1 is 1.00 bits per heavy atom. The summed E-state index contributed by atoms with van der Waals surface area (Å²) in [5.74, 6) is -4.04. The van der Waals surface area contributed by atoms with Crippen molar-refractivity contribution in [2.45, 2.75) is 50.6 Å². The van der Waals surface area contributed by atoms with Crippen LogP contribution in [0, 0.1) is 5.92 Å². The summed E-state index contributed by atoms with van der Waals surface area (Å²) in [6.45, 7) is -0.255. The Balaban J connectivity index is 1.31. The van der Waals surface area contributed by atoms with Crippen LogP contribution in [-0.4, -0.2) is 34.4 Å². The number of halogens is 5. The Hall–Kier alpha value is -3.57. The van der Waals surface area contributed by atoms with Gasteiger partial charge in [0, 0.05) is 25.1 Å². The molecule has 4 rings (SSSR count). The second kappa shape index (κ2) is 12.9. The number of nitrogens with zero attached hydrogens (tertiary/aromatic N) is 1. The minimum absolute atomic E-state index is 0.00717. The number of nitrogens with one attached hydrogen (secondary N) is 2. The molecule has 1 aliphatic rings. The van der Waals surface area contributed by atoms with E-state index in [1.54, 1.807) is 12.1 Å². The van der Waals surface area contributed by atoms with Crippen LogP contribution >= 0.6 is 23.2 Å². The normalized spacial score (nSPS) is 17.2. The van der Waals surface area contributed by atoms with Gasteiger partial charge in [-0.2, -0.15) is 13.2 Å². The minimum Gasteiger partial charge on any atom is -0.481 e. The number of aromatic nitrogens is 1. The number of aliphatic carboxylic acids is 1. The molecule has 0 atom stereocenters. The molecule has 0 bridgehead atoms. The molecule has 0 radical (unpaired) electrons. The number of carbonyl (C=O) groups is 3. The Bertz CT molecular complexity index is 1400. The number of rotatable bonds is 9. The topological polar surface area (TPSA) is 122 Å². The van der Waals surface area contributed by atoms with Crippen LogP contribution in [0.15, 0.2) is 46.9 Å². The molecule has 2 amide bonds. The number of carbonyl (C=O) groups excluding carboxylic acids is 2. The van der Waals surface area contributed by atoms with Crippen LogP contribution < -0.4 is 10.6 Å². The highest BCUT2D eigenvalue weighted by Gasteiger charge is 2.42. The second-order valence-electron chi connectivity index (χ2n) is 9.78. The fourth-order valence-corrected chi connectivity index (χ4v) is 5.42. The van der Waals surface area contributed by atoms with Gasteiger partial charge in [-0.05, 0) is 67.3 Å². The van der Waals surface area contributed by atoms with Crippen molar-refractivity contribution >= 4 is 46.7 Å². The maximum Gasteiger partial charge on any atom is 0.452 e. The van der Waals surface area contributed by atoms with E-state index in [0.29, 0.717) is 11.6 Å². The number of anilines is 1. The first-order valence-corrected chi connectivity index (χ1v) is 13.6. The third-order valence-corrected chi connectivity index (χ3v) is 7.52. The third-order valence-electron chi connectivity index (χ3n) is 6.89. The Kier molecular flexibility index (Phi) is 9.60. The van der Waals surface area contributed by atoms with Gasteiger partial charge in [-0.15, -0.1) is 0 Å². The molecule has 0 spiro atoms. The summed E-state index contributed by atoms with van der Waals surface area (Å²) in [6, 6.07) is 11.6. The number of alkyl halides is 3. The van der Waals surface area contributed by atoms with E-state index >= 15 is 0 Å². The molecule has 1 saturated carbocycles. The van der Waals surface area contributed by atoms with Crippen LogP contribution in [0.1, 0.15) is 66.3 Å². The summed E-state index contributed by atoms with van der Waals surface area (Å²) in [4.78, 5) is 39.6. The lowest BCUT2D eigenvalue weighted by Gasteiger charge is -2.28. The van der Waals surface area contributed by atoms with Gasteiger partial charge in [-0.3, -0.25) is 14.4 Å². The van der Waals surface area contributed by atoms with Gasteiger partial charge in [-0.25, -0.2) is 4.98 Å². The van der Waals surface area contributed by atoms with Crippen molar-refractivity contribution in [1.29, 1.82) is 0 Å². The quantitative estimate of drug-likeness (QED) is 0.236. The van der Waals surface area contributed by atoms with Crippen LogP contribution in [0.25, 0.3) is 11.5 Å². The molecule has 0 unspecified atom stereocenters. The van der Waals surface area contributed by atoms with Gasteiger partial charge in [0.2, 0.25) is 17.6 Å². The molecule has 0 aliphatic heterocycles. The highest BCUT2D eigenvalue weighted by molar-refractivity contribution is 6.38. The lowest BCUT2D eigenvalue weighted by molar-refractivity contribution is -0.153. The minimum atomic E-state index is -5.02. The number of carboxylic acids is 1. The average molecular weight is 612 g/mol. The van der Waals surface area contributed by atoms with Crippen molar-refractivity contribution in [3.8, 4) is 11.5 Å². The van der Waals surface area contributed by atoms with Gasteiger partial charge in [0.15, 0.2) is 5.69 Å². The molecule has 0 saturated heterocycles. The lowest BCUT2D eigenvalue weighted by Crippen LogP contribution is -2.29. The first-order chi connectivity index (χ1) is 19.4. The largest absolute Gasteiger partial charge is 0.481 e. The van der Waals surface area contributed by atoms with Crippen molar-refractivity contribution in [3.05, 3.63) is 69.5 Å². The smallest absolute Gasteiger partial charge is 0.452 e. The fourth-order valence-electron chi connectivity index (χ4n) is 4.86. The van der Waals surface area contributed by atoms with E-state index in [9.17, 15) is 27.6 Å². The second-order valence-corrected chi connectivity index (χ2v) is 10.6. The van der Waals surface area contributed by atoms with Crippen molar-refractivity contribution in [1.82, 2.24) is 10.3 Å². The maximum absolute atomic E-state index is 13.6. The summed E-state index contributed by atoms with van der Waals surface area (Å²) >= 11 is 12.1. The van der Waals surface area contributed by atoms with Gasteiger partial charge >= 0.3 is 12.1 Å². The monoisotopic (exact) mass is 611 g/mol. The number of hydrogen-bond acceptors (Lipinski definition) is 5. The number of carboxylic acid groups (broad SMARTS) is 1. The molecule has 1 aliphatic carbocycles. The van der Waals surface area contributed by atoms with Gasteiger partial charge in [-0.1, -0.05) is 41.4 Å². The van der Waals surface area contributed by atoms with E-state index in [-0.39, 0.29) is 40.9 Å². The molecule has 2 aromatic carbocycles. The van der Waals surface area contributed by atoms with Crippen LogP contribution in [0.2, 0.25) is 10.0 Å². The van der Waals surface area contributed by atoms with E-state index in [0.717, 1.165) is 31.2 Å². The maximum atomic E-state index is 13.6. The number of amides is 2. The summed E-state index contributed by atoms with van der Waals surface area (Å²) in [5, 5.41) is 13.9. The summed E-state index contributed by atoms with van der Waals surface area (Å²) in [5.41, 5.74) is 0.546. The third kappa shape index (κ3) is 7.80. The van der Waals surface area contributed by atoms with E-state index in [4.69, 9.17) is 32.7 Å². The number of benzene rings is 2. The van der Waals surface area contributed by atoms with Gasteiger partial charge < -0.3 is 20.2 Å². The zero-order valence-corrected chi connectivity index (χ0v) is 23.1. The molecule has 41 heavy (non-hydrogen) atoms. The van der Waals surface area contributed by atoms with Crippen molar-refractivity contribution in [2.75, 3.05) is 11.9 Å². The predicted molar refractivity (Wildman–Crippen MR) is 146 cm³/mol. The molecule has 13 heteroatoms. The lowest BCUT2D eigenvalue weighted by atomic mass is 9.77. The van der Waals surface area contributed by atoms with E-state index in [1.165, 1.54) is 18.2 Å². The summed E-state index contributed by atoms with van der Waals surface area (Å²) in [7, 11) is 0.